The van der Waals surface area contributed by atoms with Crippen LogP contribution in [-0.4, -0.2) is 47.8 Å². The minimum Gasteiger partial charge on any atom is -0.338 e. The maximum Gasteiger partial charge on any atom is 0.230 e. The Kier molecular flexibility index (Phi) is 7.74. The van der Waals surface area contributed by atoms with Crippen molar-refractivity contribution in [2.45, 2.75) is 58.0 Å². The number of carbonyl (C=O) groups is 2. The lowest BCUT2D eigenvalue weighted by Crippen LogP contribution is -2.39. The summed E-state index contributed by atoms with van der Waals surface area (Å²) in [7, 11) is 0. The summed E-state index contributed by atoms with van der Waals surface area (Å²) < 4.78 is 0. The lowest BCUT2D eigenvalue weighted by Gasteiger charge is -2.32. The van der Waals surface area contributed by atoms with Crippen LogP contribution in [0, 0.1) is 11.8 Å². The second-order valence-corrected chi connectivity index (χ2v) is 10.9. The Labute approximate surface area is 214 Å². The van der Waals surface area contributed by atoms with E-state index in [0.29, 0.717) is 25.4 Å². The molecule has 2 aromatic rings. The zero-order valence-electron chi connectivity index (χ0n) is 20.5. The van der Waals surface area contributed by atoms with E-state index in [0.717, 1.165) is 68.1 Å². The molecule has 186 valence electrons. The molecule has 1 aliphatic heterocycles. The second kappa shape index (κ2) is 11.1. The van der Waals surface area contributed by atoms with Gasteiger partial charge in [-0.1, -0.05) is 41.9 Å². The largest absolute Gasteiger partial charge is 0.338 e. The van der Waals surface area contributed by atoms with E-state index in [1.165, 1.54) is 18.4 Å². The third-order valence-corrected chi connectivity index (χ3v) is 7.68. The number of rotatable bonds is 5. The van der Waals surface area contributed by atoms with Crippen molar-refractivity contribution in [3.63, 3.8) is 0 Å². The normalized spacial score (nSPS) is 20.0. The summed E-state index contributed by atoms with van der Waals surface area (Å²) in [5.41, 5.74) is 3.31. The van der Waals surface area contributed by atoms with Gasteiger partial charge in [-0.2, -0.15) is 0 Å². The van der Waals surface area contributed by atoms with Gasteiger partial charge in [-0.05, 0) is 73.8 Å². The van der Waals surface area contributed by atoms with Crippen molar-refractivity contribution in [2.75, 3.05) is 31.1 Å². The van der Waals surface area contributed by atoms with E-state index in [2.05, 4.69) is 29.2 Å². The maximum absolute atomic E-state index is 13.3. The standard InChI is InChI=1S/C29H36ClN3O2/c30-26-13-9-23(10-14-26)20-31-15-3-17-32(28(34)19-22-7-8-22)21-25-5-1-2-6-27(25)33(18-4-16-31)29(35)24-11-12-24/h1-2,5-6,9-10,13-14,22,24H,3-4,7-8,11-12,15-21H2. The van der Waals surface area contributed by atoms with Crippen molar-refractivity contribution >= 4 is 29.1 Å². The first kappa shape index (κ1) is 24.3. The van der Waals surface area contributed by atoms with Crippen molar-refractivity contribution in [3.05, 3.63) is 64.7 Å². The van der Waals surface area contributed by atoms with Crippen LogP contribution in [-0.2, 0) is 22.7 Å². The first-order valence-corrected chi connectivity index (χ1v) is 13.6. The van der Waals surface area contributed by atoms with Crippen molar-refractivity contribution in [2.24, 2.45) is 11.8 Å². The monoisotopic (exact) mass is 493 g/mol. The molecule has 0 N–H and O–H groups in total. The van der Waals surface area contributed by atoms with E-state index >= 15 is 0 Å². The molecule has 0 atom stereocenters. The number of benzene rings is 2. The quantitative estimate of drug-likeness (QED) is 0.551. The highest BCUT2D eigenvalue weighted by Gasteiger charge is 2.35. The summed E-state index contributed by atoms with van der Waals surface area (Å²) in [5, 5.41) is 0.750. The first-order valence-electron chi connectivity index (χ1n) is 13.2. The first-order chi connectivity index (χ1) is 17.1. The molecule has 0 unspecified atom stereocenters. The van der Waals surface area contributed by atoms with Gasteiger partial charge in [0, 0.05) is 62.3 Å². The smallest absolute Gasteiger partial charge is 0.230 e. The molecule has 2 aliphatic carbocycles. The Morgan fingerprint density at radius 1 is 0.857 bits per heavy atom. The average molecular weight is 494 g/mol. The molecule has 1 heterocycles. The summed E-state index contributed by atoms with van der Waals surface area (Å²) in [4.78, 5) is 33.1. The van der Waals surface area contributed by atoms with Gasteiger partial charge in [0.15, 0.2) is 0 Å². The molecule has 3 aliphatic rings. The molecular weight excluding hydrogens is 458 g/mol. The van der Waals surface area contributed by atoms with Crippen LogP contribution in [0.2, 0.25) is 5.02 Å². The van der Waals surface area contributed by atoms with Crippen LogP contribution in [0.15, 0.2) is 48.5 Å². The number of hydrogen-bond donors (Lipinski definition) is 0. The molecule has 0 saturated heterocycles. The van der Waals surface area contributed by atoms with E-state index in [1.54, 1.807) is 0 Å². The topological polar surface area (TPSA) is 43.9 Å². The lowest BCUT2D eigenvalue weighted by atomic mass is 10.1. The van der Waals surface area contributed by atoms with E-state index < -0.39 is 0 Å². The molecule has 2 fully saturated rings. The van der Waals surface area contributed by atoms with Crippen LogP contribution in [0.1, 0.15) is 56.1 Å². The molecule has 2 aromatic carbocycles. The number of amides is 2. The molecule has 35 heavy (non-hydrogen) atoms. The molecule has 6 heteroatoms. The maximum atomic E-state index is 13.3. The van der Waals surface area contributed by atoms with Gasteiger partial charge < -0.3 is 9.80 Å². The van der Waals surface area contributed by atoms with Crippen molar-refractivity contribution in [1.29, 1.82) is 0 Å². The zero-order valence-corrected chi connectivity index (χ0v) is 21.3. The number of carbonyl (C=O) groups excluding carboxylic acids is 2. The Morgan fingerprint density at radius 2 is 1.57 bits per heavy atom. The molecule has 2 saturated carbocycles. The van der Waals surface area contributed by atoms with E-state index in [1.807, 2.05) is 34.1 Å². The highest BCUT2D eigenvalue weighted by atomic mass is 35.5. The highest BCUT2D eigenvalue weighted by Crippen LogP contribution is 2.35. The fourth-order valence-electron chi connectivity index (χ4n) is 5.06. The lowest BCUT2D eigenvalue weighted by molar-refractivity contribution is -0.132. The van der Waals surface area contributed by atoms with Crippen molar-refractivity contribution in [3.8, 4) is 0 Å². The minimum absolute atomic E-state index is 0.161. The fraction of sp³-hybridized carbons (Fsp3) is 0.517. The second-order valence-electron chi connectivity index (χ2n) is 10.5. The van der Waals surface area contributed by atoms with Gasteiger partial charge in [0.25, 0.3) is 0 Å². The van der Waals surface area contributed by atoms with Gasteiger partial charge in [-0.3, -0.25) is 14.5 Å². The molecule has 5 rings (SSSR count). The van der Waals surface area contributed by atoms with Gasteiger partial charge in [-0.15, -0.1) is 0 Å². The number of hydrogen-bond acceptors (Lipinski definition) is 3. The number of anilines is 1. The van der Waals surface area contributed by atoms with Gasteiger partial charge in [0.05, 0.1) is 0 Å². The van der Waals surface area contributed by atoms with Crippen molar-refractivity contribution in [1.82, 2.24) is 9.80 Å². The summed E-state index contributed by atoms with van der Waals surface area (Å²) in [6.45, 7) is 4.71. The molecular formula is C29H36ClN3O2. The minimum atomic E-state index is 0.161. The molecule has 0 bridgehead atoms. The molecule has 5 nitrogen and oxygen atoms in total. The van der Waals surface area contributed by atoms with Crippen LogP contribution in [0.3, 0.4) is 0 Å². The summed E-state index contributed by atoms with van der Waals surface area (Å²) in [6, 6.07) is 16.3. The summed E-state index contributed by atoms with van der Waals surface area (Å²) >= 11 is 6.09. The summed E-state index contributed by atoms with van der Waals surface area (Å²) in [6.07, 6.45) is 6.85. The number of halogens is 1. The SMILES string of the molecule is O=C(CC1CC1)N1CCCN(Cc2ccc(Cl)cc2)CCCN(C(=O)C2CC2)c2ccccc2C1. The van der Waals surface area contributed by atoms with Gasteiger partial charge in [0.2, 0.25) is 11.8 Å². The highest BCUT2D eigenvalue weighted by molar-refractivity contribution is 6.30. The fourth-order valence-corrected chi connectivity index (χ4v) is 5.18. The van der Waals surface area contributed by atoms with E-state index in [9.17, 15) is 9.59 Å². The third kappa shape index (κ3) is 6.65. The molecule has 0 aromatic heterocycles. The summed E-state index contributed by atoms with van der Waals surface area (Å²) in [5.74, 6) is 1.22. The van der Waals surface area contributed by atoms with Crippen LogP contribution in [0.5, 0.6) is 0 Å². The Hall–Kier alpha value is -2.37. The van der Waals surface area contributed by atoms with Crippen molar-refractivity contribution < 1.29 is 9.59 Å². The molecule has 0 radical (unpaired) electrons. The van der Waals surface area contributed by atoms with Crippen LogP contribution in [0.4, 0.5) is 5.69 Å². The number of para-hydroxylation sites is 1. The Morgan fingerprint density at radius 3 is 2.29 bits per heavy atom. The van der Waals surface area contributed by atoms with Crippen LogP contribution < -0.4 is 4.90 Å². The van der Waals surface area contributed by atoms with Gasteiger partial charge in [-0.25, -0.2) is 0 Å². The predicted molar refractivity (Wildman–Crippen MR) is 140 cm³/mol. The van der Waals surface area contributed by atoms with Crippen LogP contribution >= 0.6 is 11.6 Å². The van der Waals surface area contributed by atoms with Gasteiger partial charge >= 0.3 is 0 Å². The predicted octanol–water partition coefficient (Wildman–Crippen LogP) is 5.51. The molecule has 0 spiro atoms. The van der Waals surface area contributed by atoms with Gasteiger partial charge in [0.1, 0.15) is 0 Å². The van der Waals surface area contributed by atoms with Crippen LogP contribution in [0.25, 0.3) is 0 Å². The Balaban J connectivity index is 1.38. The number of nitrogens with zero attached hydrogens (tertiary/aromatic N) is 3. The zero-order chi connectivity index (χ0) is 24.2. The molecule has 2 amide bonds. The third-order valence-electron chi connectivity index (χ3n) is 7.43. The Bertz CT molecular complexity index is 1030. The number of fused-ring (bicyclic) bond motifs is 1. The average Bonchev–Trinajstić information content (AvgIpc) is 3.76. The van der Waals surface area contributed by atoms with E-state index in [4.69, 9.17) is 11.6 Å². The van der Waals surface area contributed by atoms with E-state index in [-0.39, 0.29) is 17.7 Å².